The molecule has 11 rings (SSSR count). The van der Waals surface area contributed by atoms with E-state index >= 15 is 0 Å². The highest BCUT2D eigenvalue weighted by Crippen LogP contribution is 2.44. The molecule has 5 heteroatoms. The molecule has 0 amide bonds. The number of oxazole rings is 1. The van der Waals surface area contributed by atoms with Crippen LogP contribution in [0.1, 0.15) is 0 Å². The van der Waals surface area contributed by atoms with Gasteiger partial charge in [0, 0.05) is 61.0 Å². The Hall–Kier alpha value is -6.85. The van der Waals surface area contributed by atoms with E-state index in [1.165, 1.54) is 5.56 Å². The van der Waals surface area contributed by atoms with Crippen LogP contribution in [0.2, 0.25) is 0 Å². The third-order valence-corrected chi connectivity index (χ3v) is 9.85. The highest BCUT2D eigenvalue weighted by atomic mass is 16.4. The van der Waals surface area contributed by atoms with Gasteiger partial charge in [0.05, 0.1) is 0 Å². The Labute approximate surface area is 285 Å². The molecule has 0 aliphatic rings. The summed E-state index contributed by atoms with van der Waals surface area (Å²) in [5.74, 6) is 0.569. The molecular weight excluding hydrogens is 617 g/mol. The van der Waals surface area contributed by atoms with Gasteiger partial charge in [-0.3, -0.25) is 0 Å². The topological polar surface area (TPSA) is 55.6 Å². The summed E-state index contributed by atoms with van der Waals surface area (Å²) in [5, 5.41) is 6.40. The van der Waals surface area contributed by atoms with Crippen molar-refractivity contribution >= 4 is 82.8 Å². The van der Waals surface area contributed by atoms with Crippen LogP contribution >= 0.6 is 0 Å². The van der Waals surface area contributed by atoms with Crippen LogP contribution in [0.5, 0.6) is 0 Å². The van der Waals surface area contributed by atoms with Gasteiger partial charge in [0.25, 0.3) is 0 Å². The highest BCUT2D eigenvalue weighted by Gasteiger charge is 2.22. The maximum absolute atomic E-state index is 6.66. The van der Waals surface area contributed by atoms with Crippen LogP contribution in [0, 0.1) is 0 Å². The minimum atomic E-state index is 0.569. The van der Waals surface area contributed by atoms with Gasteiger partial charge in [-0.05, 0) is 71.8 Å². The second kappa shape index (κ2) is 10.3. The van der Waals surface area contributed by atoms with Gasteiger partial charge >= 0.3 is 0 Å². The summed E-state index contributed by atoms with van der Waals surface area (Å²) in [6.07, 6.45) is 0. The van der Waals surface area contributed by atoms with Crippen LogP contribution < -0.4 is 4.90 Å². The summed E-state index contributed by atoms with van der Waals surface area (Å²) in [6.45, 7) is 0. The normalized spacial score (nSPS) is 12.0. The highest BCUT2D eigenvalue weighted by molar-refractivity contribution is 6.31. The van der Waals surface area contributed by atoms with Crippen molar-refractivity contribution in [2.24, 2.45) is 0 Å². The van der Waals surface area contributed by atoms with Crippen LogP contribution in [0.25, 0.3) is 88.3 Å². The van der Waals surface area contributed by atoms with Crippen molar-refractivity contribution in [1.29, 1.82) is 0 Å². The van der Waals surface area contributed by atoms with E-state index < -0.39 is 0 Å². The fourth-order valence-corrected chi connectivity index (χ4v) is 7.57. The van der Waals surface area contributed by atoms with Gasteiger partial charge in [-0.15, -0.1) is 0 Å². The molecule has 50 heavy (non-hydrogen) atoms. The molecule has 3 aromatic heterocycles. The first-order valence-electron chi connectivity index (χ1n) is 16.7. The lowest BCUT2D eigenvalue weighted by Crippen LogP contribution is -2.10. The molecule has 3 heterocycles. The zero-order valence-electron chi connectivity index (χ0n) is 26.6. The Balaban J connectivity index is 1.09. The fraction of sp³-hybridized carbons (Fsp3) is 0. The Morgan fingerprint density at radius 3 is 1.84 bits per heavy atom. The van der Waals surface area contributed by atoms with Crippen LogP contribution in [0.4, 0.5) is 17.1 Å². The maximum atomic E-state index is 6.66. The van der Waals surface area contributed by atoms with E-state index in [0.29, 0.717) is 5.89 Å². The molecule has 0 fully saturated rings. The quantitative estimate of drug-likeness (QED) is 0.175. The number of benzene rings is 8. The number of nitrogens with zero attached hydrogens (tertiary/aromatic N) is 2. The first-order chi connectivity index (χ1) is 24.8. The number of hydrogen-bond donors (Lipinski definition) is 0. The lowest BCUT2D eigenvalue weighted by Gasteiger charge is -2.26. The van der Waals surface area contributed by atoms with Crippen molar-refractivity contribution in [3.63, 3.8) is 0 Å². The molecule has 0 atom stereocenters. The predicted octanol–water partition coefficient (Wildman–Crippen LogP) is 13.0. The van der Waals surface area contributed by atoms with Gasteiger partial charge < -0.3 is 18.2 Å². The minimum absolute atomic E-state index is 0.569. The molecule has 0 aliphatic heterocycles. The van der Waals surface area contributed by atoms with Crippen LogP contribution in [0.3, 0.4) is 0 Å². The average Bonchev–Trinajstić information content (AvgIpc) is 3.90. The van der Waals surface area contributed by atoms with E-state index in [0.717, 1.165) is 93.9 Å². The van der Waals surface area contributed by atoms with Crippen molar-refractivity contribution < 1.29 is 13.3 Å². The Bertz CT molecular complexity index is 2960. The predicted molar refractivity (Wildman–Crippen MR) is 203 cm³/mol. The zero-order chi connectivity index (χ0) is 32.8. The second-order valence-electron chi connectivity index (χ2n) is 12.7. The Morgan fingerprint density at radius 2 is 0.980 bits per heavy atom. The molecule has 5 nitrogen and oxygen atoms in total. The Kier molecular flexibility index (Phi) is 5.60. The lowest BCUT2D eigenvalue weighted by molar-refractivity contribution is 0.623. The Morgan fingerprint density at radius 1 is 0.380 bits per heavy atom. The third kappa shape index (κ3) is 3.98. The van der Waals surface area contributed by atoms with Crippen molar-refractivity contribution in [2.75, 3.05) is 4.90 Å². The van der Waals surface area contributed by atoms with E-state index in [1.807, 2.05) is 48.5 Å². The molecule has 8 aromatic carbocycles. The molecule has 0 bridgehead atoms. The molecule has 0 unspecified atom stereocenters. The van der Waals surface area contributed by atoms with Gasteiger partial charge in [-0.2, -0.15) is 0 Å². The first kappa shape index (κ1) is 27.1. The standard InChI is InChI=1S/C45H26N2O3/c1-2-9-27(10-3-1)28-19-21-30(22-20-28)47(32-23-24-34-33-13-4-5-16-37(33)48-40(34)26-32)31-12-6-11-29(25-31)45-46-43-35-14-7-17-38-41(35)42-36(44(43)50-45)15-8-18-39(42)49-38/h1-26H. The number of para-hydroxylation sites is 1. The van der Waals surface area contributed by atoms with Crippen LogP contribution in [-0.2, 0) is 0 Å². The summed E-state index contributed by atoms with van der Waals surface area (Å²) >= 11 is 0. The van der Waals surface area contributed by atoms with Crippen molar-refractivity contribution in [3.8, 4) is 22.6 Å². The summed E-state index contributed by atoms with van der Waals surface area (Å²) in [4.78, 5) is 7.38. The summed E-state index contributed by atoms with van der Waals surface area (Å²) in [5.41, 5.74) is 11.2. The zero-order valence-corrected chi connectivity index (χ0v) is 26.6. The van der Waals surface area contributed by atoms with Crippen molar-refractivity contribution in [1.82, 2.24) is 4.98 Å². The molecule has 11 aromatic rings. The first-order valence-corrected chi connectivity index (χ1v) is 16.7. The molecule has 0 saturated heterocycles. The molecule has 0 spiro atoms. The number of rotatable bonds is 5. The molecule has 0 aliphatic carbocycles. The molecule has 0 radical (unpaired) electrons. The molecule has 0 saturated carbocycles. The van der Waals surface area contributed by atoms with Gasteiger partial charge in [0.15, 0.2) is 5.58 Å². The summed E-state index contributed by atoms with van der Waals surface area (Å²) < 4.78 is 19.2. The number of furan rings is 2. The third-order valence-electron chi connectivity index (χ3n) is 9.85. The largest absolute Gasteiger partial charge is 0.456 e. The summed E-state index contributed by atoms with van der Waals surface area (Å²) in [6, 6.07) is 54.4. The molecule has 0 N–H and O–H groups in total. The van der Waals surface area contributed by atoms with E-state index in [9.17, 15) is 0 Å². The minimum Gasteiger partial charge on any atom is -0.456 e. The van der Waals surface area contributed by atoms with Crippen LogP contribution in [-0.4, -0.2) is 4.98 Å². The van der Waals surface area contributed by atoms with E-state index in [2.05, 4.69) is 114 Å². The SMILES string of the molecule is c1ccc(-c2ccc(N(c3cccc(-c4nc5c6cccc7oc8cccc(c5o4)c8c76)c3)c3ccc4c(c3)oc3ccccc34)cc2)cc1. The summed E-state index contributed by atoms with van der Waals surface area (Å²) in [7, 11) is 0. The maximum Gasteiger partial charge on any atom is 0.227 e. The van der Waals surface area contributed by atoms with Gasteiger partial charge in [-0.25, -0.2) is 4.98 Å². The number of aromatic nitrogens is 1. The average molecular weight is 643 g/mol. The molecule has 234 valence electrons. The second-order valence-corrected chi connectivity index (χ2v) is 12.7. The van der Waals surface area contributed by atoms with Gasteiger partial charge in [-0.1, -0.05) is 91.0 Å². The monoisotopic (exact) mass is 642 g/mol. The number of hydrogen-bond acceptors (Lipinski definition) is 5. The van der Waals surface area contributed by atoms with E-state index in [1.54, 1.807) is 0 Å². The molecular formula is C45H26N2O3. The number of anilines is 3. The van der Waals surface area contributed by atoms with Crippen molar-refractivity contribution in [3.05, 3.63) is 158 Å². The van der Waals surface area contributed by atoms with E-state index in [4.69, 9.17) is 18.2 Å². The van der Waals surface area contributed by atoms with Crippen molar-refractivity contribution in [2.45, 2.75) is 0 Å². The van der Waals surface area contributed by atoms with E-state index in [-0.39, 0.29) is 0 Å². The van der Waals surface area contributed by atoms with Gasteiger partial charge in [0.1, 0.15) is 27.8 Å². The number of fused-ring (bicyclic) bond motifs is 6. The fourth-order valence-electron chi connectivity index (χ4n) is 7.57. The smallest absolute Gasteiger partial charge is 0.227 e. The van der Waals surface area contributed by atoms with Crippen LogP contribution in [0.15, 0.2) is 171 Å². The van der Waals surface area contributed by atoms with Gasteiger partial charge in [0.2, 0.25) is 5.89 Å². The lowest BCUT2D eigenvalue weighted by atomic mass is 10.0.